The summed E-state index contributed by atoms with van der Waals surface area (Å²) in [6.07, 6.45) is 3.16. The average Bonchev–Trinajstić information content (AvgIpc) is 2.41. The number of H-pyrrole nitrogens is 1. The van der Waals surface area contributed by atoms with Crippen molar-refractivity contribution in [2.24, 2.45) is 0 Å². The zero-order chi connectivity index (χ0) is 14.7. The molecule has 0 saturated heterocycles. The number of nitro groups is 1. The van der Waals surface area contributed by atoms with Gasteiger partial charge in [-0.2, -0.15) is 0 Å². The minimum absolute atomic E-state index is 0.00231. The van der Waals surface area contributed by atoms with E-state index in [0.717, 1.165) is 0 Å². The minimum Gasteiger partial charge on any atom is -0.320 e. The lowest BCUT2D eigenvalue weighted by atomic mass is 10.2. The first-order valence-electron chi connectivity index (χ1n) is 5.48. The summed E-state index contributed by atoms with van der Waals surface area (Å²) in [6.45, 7) is 0. The third kappa shape index (κ3) is 3.26. The summed E-state index contributed by atoms with van der Waals surface area (Å²) in [5.74, 6) is 0. The Morgan fingerprint density at radius 2 is 1.90 bits per heavy atom. The van der Waals surface area contributed by atoms with E-state index in [1.54, 1.807) is 24.3 Å². The first-order chi connectivity index (χ1) is 9.47. The van der Waals surface area contributed by atoms with Crippen molar-refractivity contribution >= 4 is 41.0 Å². The molecule has 0 unspecified atom stereocenters. The van der Waals surface area contributed by atoms with Crippen LogP contribution in [-0.4, -0.2) is 9.91 Å². The van der Waals surface area contributed by atoms with Crippen LogP contribution in [0.2, 0.25) is 10.0 Å². The minimum atomic E-state index is -0.478. The van der Waals surface area contributed by atoms with Crippen molar-refractivity contribution in [2.75, 3.05) is 0 Å². The second-order valence-corrected chi connectivity index (χ2v) is 4.71. The molecule has 7 heteroatoms. The monoisotopic (exact) mass is 310 g/mol. The summed E-state index contributed by atoms with van der Waals surface area (Å²) in [5, 5.41) is 11.0. The normalized spacial score (nSPS) is 10.9. The number of nitrogens with zero attached hydrogens (tertiary/aromatic N) is 1. The lowest BCUT2D eigenvalue weighted by Crippen LogP contribution is -2.07. The fourth-order valence-electron chi connectivity index (χ4n) is 1.54. The molecule has 0 radical (unpaired) electrons. The number of benzene rings is 1. The molecule has 1 aromatic carbocycles. The highest BCUT2D eigenvalue weighted by molar-refractivity contribution is 6.35. The van der Waals surface area contributed by atoms with E-state index in [9.17, 15) is 14.9 Å². The zero-order valence-corrected chi connectivity index (χ0v) is 11.5. The van der Waals surface area contributed by atoms with E-state index in [1.807, 2.05) is 0 Å². The Hall–Kier alpha value is -2.11. The molecule has 0 fully saturated rings. The molecule has 0 bridgehead atoms. The molecule has 1 N–H and O–H groups in total. The first-order valence-corrected chi connectivity index (χ1v) is 6.24. The maximum absolute atomic E-state index is 11.4. The molecule has 0 aliphatic carbocycles. The quantitative estimate of drug-likeness (QED) is 0.692. The van der Waals surface area contributed by atoms with Crippen molar-refractivity contribution in [2.45, 2.75) is 0 Å². The molecule has 1 aromatic heterocycles. The van der Waals surface area contributed by atoms with Crippen LogP contribution in [0, 0.1) is 10.1 Å². The lowest BCUT2D eigenvalue weighted by Gasteiger charge is -1.99. The number of rotatable bonds is 3. The van der Waals surface area contributed by atoms with E-state index in [0.29, 0.717) is 11.3 Å². The second-order valence-electron chi connectivity index (χ2n) is 3.89. The van der Waals surface area contributed by atoms with Crippen LogP contribution in [0.5, 0.6) is 0 Å². The van der Waals surface area contributed by atoms with Gasteiger partial charge in [0.2, 0.25) is 0 Å². The summed E-state index contributed by atoms with van der Waals surface area (Å²) in [5.41, 5.74) is 0.538. The van der Waals surface area contributed by atoms with Crippen LogP contribution in [-0.2, 0) is 0 Å². The highest BCUT2D eigenvalue weighted by Crippen LogP contribution is 2.19. The molecule has 2 aromatic rings. The number of nitro benzene ring substituents is 1. The van der Waals surface area contributed by atoms with Crippen LogP contribution in [0.25, 0.3) is 12.2 Å². The average molecular weight is 311 g/mol. The van der Waals surface area contributed by atoms with Crippen LogP contribution in [0.3, 0.4) is 0 Å². The third-order valence-electron chi connectivity index (χ3n) is 2.50. The van der Waals surface area contributed by atoms with Crippen molar-refractivity contribution in [3.63, 3.8) is 0 Å². The molecule has 2 rings (SSSR count). The summed E-state index contributed by atoms with van der Waals surface area (Å²) < 4.78 is 0. The van der Waals surface area contributed by atoms with Gasteiger partial charge in [0, 0.05) is 12.1 Å². The molecule has 0 aliphatic rings. The van der Waals surface area contributed by atoms with Gasteiger partial charge in [-0.3, -0.25) is 14.9 Å². The summed E-state index contributed by atoms with van der Waals surface area (Å²) in [6, 6.07) is 7.43. The number of nitrogens with one attached hydrogen (secondary N) is 1. The van der Waals surface area contributed by atoms with E-state index in [1.165, 1.54) is 18.2 Å². The number of aromatic amines is 1. The van der Waals surface area contributed by atoms with Crippen molar-refractivity contribution in [1.29, 1.82) is 0 Å². The molecule has 0 amide bonds. The van der Waals surface area contributed by atoms with Crippen LogP contribution in [0.1, 0.15) is 11.3 Å². The highest BCUT2D eigenvalue weighted by Gasteiger charge is 2.05. The molecule has 0 atom stereocenters. The Balaban J connectivity index is 2.34. The number of hydrogen-bond donors (Lipinski definition) is 1. The van der Waals surface area contributed by atoms with Crippen LogP contribution in [0.4, 0.5) is 5.69 Å². The Morgan fingerprint density at radius 1 is 1.15 bits per heavy atom. The SMILES string of the molecule is O=c1[nH]c(/C=C/c2cccc([N+](=O)[O-])c2)c(Cl)cc1Cl. The molecule has 102 valence electrons. The molecule has 0 saturated carbocycles. The molecule has 5 nitrogen and oxygen atoms in total. The molecule has 0 spiro atoms. The third-order valence-corrected chi connectivity index (χ3v) is 3.09. The topological polar surface area (TPSA) is 76.0 Å². The van der Waals surface area contributed by atoms with E-state index in [4.69, 9.17) is 23.2 Å². The first kappa shape index (κ1) is 14.3. The number of non-ortho nitro benzene ring substituents is 1. The standard InChI is InChI=1S/C13H8Cl2N2O3/c14-10-7-11(15)13(18)16-12(10)5-4-8-2-1-3-9(6-8)17(19)20/h1-7H,(H,16,18)/b5-4+. The van der Waals surface area contributed by atoms with Gasteiger partial charge in [-0.1, -0.05) is 41.4 Å². The maximum atomic E-state index is 11.4. The Kier molecular flexibility index (Phi) is 4.22. The summed E-state index contributed by atoms with van der Waals surface area (Å²) in [7, 11) is 0. The van der Waals surface area contributed by atoms with Crippen molar-refractivity contribution < 1.29 is 4.92 Å². The van der Waals surface area contributed by atoms with E-state index in [2.05, 4.69) is 4.98 Å². The summed E-state index contributed by atoms with van der Waals surface area (Å²) in [4.78, 5) is 24.1. The largest absolute Gasteiger partial charge is 0.320 e. The molecule has 1 heterocycles. The molecular weight excluding hydrogens is 303 g/mol. The number of aromatic nitrogens is 1. The summed E-state index contributed by atoms with van der Waals surface area (Å²) >= 11 is 11.6. The Labute approximate surface area is 123 Å². The van der Waals surface area contributed by atoms with Crippen LogP contribution in [0.15, 0.2) is 35.1 Å². The van der Waals surface area contributed by atoms with Gasteiger partial charge in [0.1, 0.15) is 5.02 Å². The van der Waals surface area contributed by atoms with Gasteiger partial charge in [-0.15, -0.1) is 0 Å². The van der Waals surface area contributed by atoms with Gasteiger partial charge >= 0.3 is 0 Å². The predicted octanol–water partition coefficient (Wildman–Crippen LogP) is 3.76. The van der Waals surface area contributed by atoms with E-state index in [-0.39, 0.29) is 15.7 Å². The van der Waals surface area contributed by atoms with Crippen molar-refractivity contribution in [1.82, 2.24) is 4.98 Å². The fraction of sp³-hybridized carbons (Fsp3) is 0. The smallest absolute Gasteiger partial charge is 0.270 e. The maximum Gasteiger partial charge on any atom is 0.270 e. The molecule has 0 aliphatic heterocycles. The van der Waals surface area contributed by atoms with E-state index < -0.39 is 10.5 Å². The Morgan fingerprint density at radius 3 is 2.60 bits per heavy atom. The van der Waals surface area contributed by atoms with Gasteiger partial charge in [-0.05, 0) is 17.7 Å². The van der Waals surface area contributed by atoms with Crippen molar-refractivity contribution in [3.05, 3.63) is 72.1 Å². The predicted molar refractivity (Wildman–Crippen MR) is 79.1 cm³/mol. The number of hydrogen-bond acceptors (Lipinski definition) is 3. The van der Waals surface area contributed by atoms with Gasteiger partial charge in [0.15, 0.2) is 0 Å². The van der Waals surface area contributed by atoms with Gasteiger partial charge in [0.05, 0.1) is 15.6 Å². The van der Waals surface area contributed by atoms with Gasteiger partial charge < -0.3 is 4.98 Å². The molecular formula is C13H8Cl2N2O3. The van der Waals surface area contributed by atoms with Crippen LogP contribution < -0.4 is 5.56 Å². The van der Waals surface area contributed by atoms with E-state index >= 15 is 0 Å². The number of halogens is 2. The fourth-order valence-corrected chi connectivity index (χ4v) is 1.97. The Bertz CT molecular complexity index is 754. The highest BCUT2D eigenvalue weighted by atomic mass is 35.5. The lowest BCUT2D eigenvalue weighted by molar-refractivity contribution is -0.384. The zero-order valence-electron chi connectivity index (χ0n) is 9.97. The van der Waals surface area contributed by atoms with Gasteiger partial charge in [-0.25, -0.2) is 0 Å². The van der Waals surface area contributed by atoms with Crippen molar-refractivity contribution in [3.8, 4) is 0 Å². The number of pyridine rings is 1. The van der Waals surface area contributed by atoms with Crippen LogP contribution >= 0.6 is 23.2 Å². The second kappa shape index (κ2) is 5.90. The van der Waals surface area contributed by atoms with Gasteiger partial charge in [0.25, 0.3) is 11.2 Å². The molecule has 20 heavy (non-hydrogen) atoms.